The minimum Gasteiger partial charge on any atom is -0.493 e. The van der Waals surface area contributed by atoms with Crippen LogP contribution in [0.15, 0.2) is 18.2 Å². The van der Waals surface area contributed by atoms with Crippen molar-refractivity contribution in [2.24, 2.45) is 0 Å². The Kier molecular flexibility index (Phi) is 5.83. The molecule has 6 nitrogen and oxygen atoms in total. The van der Waals surface area contributed by atoms with Crippen molar-refractivity contribution >= 4 is 11.9 Å². The van der Waals surface area contributed by atoms with Crippen molar-refractivity contribution in [1.82, 2.24) is 5.32 Å². The van der Waals surface area contributed by atoms with Crippen LogP contribution in [0.1, 0.15) is 30.1 Å². The summed E-state index contributed by atoms with van der Waals surface area (Å²) in [4.78, 5) is 23.1. The normalized spacial score (nSPS) is 11.6. The van der Waals surface area contributed by atoms with E-state index in [0.29, 0.717) is 29.9 Å². The third-order valence-corrected chi connectivity index (χ3v) is 2.83. The van der Waals surface area contributed by atoms with Crippen LogP contribution in [-0.2, 0) is 4.79 Å². The Morgan fingerprint density at radius 2 is 1.90 bits per heavy atom. The molecule has 1 atom stereocenters. The summed E-state index contributed by atoms with van der Waals surface area (Å²) in [6.45, 7) is 1.86. The van der Waals surface area contributed by atoms with Crippen molar-refractivity contribution in [2.45, 2.75) is 25.8 Å². The molecule has 1 amide bonds. The van der Waals surface area contributed by atoms with Crippen LogP contribution >= 0.6 is 0 Å². The molecule has 0 aliphatic heterocycles. The van der Waals surface area contributed by atoms with Crippen molar-refractivity contribution in [3.8, 4) is 11.5 Å². The first-order valence-electron chi connectivity index (χ1n) is 6.29. The predicted octanol–water partition coefficient (Wildman–Crippen LogP) is 1.69. The standard InChI is InChI=1S/C14H19NO5/c1-4-5-10(14(17)18)15-13(16)9-6-7-11(19-2)12(8-9)20-3/h6-8,10H,4-5H2,1-3H3,(H,15,16)(H,17,18)/t10-/m0/s1. The zero-order valence-corrected chi connectivity index (χ0v) is 11.8. The molecule has 0 aromatic heterocycles. The molecule has 0 spiro atoms. The van der Waals surface area contributed by atoms with Crippen LogP contribution < -0.4 is 14.8 Å². The number of nitrogens with one attached hydrogen (secondary N) is 1. The molecule has 0 aliphatic carbocycles. The van der Waals surface area contributed by atoms with Crippen molar-refractivity contribution in [2.75, 3.05) is 14.2 Å². The molecule has 110 valence electrons. The van der Waals surface area contributed by atoms with E-state index in [9.17, 15) is 9.59 Å². The minimum atomic E-state index is -1.04. The van der Waals surface area contributed by atoms with Gasteiger partial charge in [0.2, 0.25) is 0 Å². The molecule has 6 heteroatoms. The second kappa shape index (κ2) is 7.37. The summed E-state index contributed by atoms with van der Waals surface area (Å²) in [7, 11) is 2.97. The van der Waals surface area contributed by atoms with Gasteiger partial charge in [-0.25, -0.2) is 4.79 Å². The highest BCUT2D eigenvalue weighted by molar-refractivity contribution is 5.97. The van der Waals surface area contributed by atoms with Crippen molar-refractivity contribution in [3.63, 3.8) is 0 Å². The molecule has 0 aliphatic rings. The fourth-order valence-electron chi connectivity index (χ4n) is 1.77. The van der Waals surface area contributed by atoms with Gasteiger partial charge in [0.15, 0.2) is 11.5 Å². The maximum atomic E-state index is 12.0. The van der Waals surface area contributed by atoms with Crippen molar-refractivity contribution in [1.29, 1.82) is 0 Å². The molecule has 1 aromatic rings. The Bertz CT molecular complexity index is 486. The van der Waals surface area contributed by atoms with Crippen LogP contribution in [0.2, 0.25) is 0 Å². The number of hydrogen-bond acceptors (Lipinski definition) is 4. The quantitative estimate of drug-likeness (QED) is 0.794. The third-order valence-electron chi connectivity index (χ3n) is 2.83. The second-order valence-corrected chi connectivity index (χ2v) is 4.22. The Hall–Kier alpha value is -2.24. The molecule has 1 aromatic carbocycles. The van der Waals surface area contributed by atoms with Crippen molar-refractivity contribution < 1.29 is 24.2 Å². The first-order chi connectivity index (χ1) is 9.53. The summed E-state index contributed by atoms with van der Waals surface area (Å²) >= 11 is 0. The lowest BCUT2D eigenvalue weighted by atomic mass is 10.1. The maximum absolute atomic E-state index is 12.0. The van der Waals surface area contributed by atoms with E-state index in [1.165, 1.54) is 20.3 Å². The topological polar surface area (TPSA) is 84.9 Å². The lowest BCUT2D eigenvalue weighted by Gasteiger charge is -2.14. The average molecular weight is 281 g/mol. The van der Waals surface area contributed by atoms with Gasteiger partial charge in [-0.3, -0.25) is 4.79 Å². The number of methoxy groups -OCH3 is 2. The van der Waals surface area contributed by atoms with E-state index in [-0.39, 0.29) is 0 Å². The van der Waals surface area contributed by atoms with E-state index < -0.39 is 17.9 Å². The van der Waals surface area contributed by atoms with Crippen LogP contribution in [0.25, 0.3) is 0 Å². The molecule has 1 rings (SSSR count). The van der Waals surface area contributed by atoms with Gasteiger partial charge in [0.1, 0.15) is 6.04 Å². The Labute approximate surface area is 117 Å². The minimum absolute atomic E-state index is 0.324. The van der Waals surface area contributed by atoms with Gasteiger partial charge in [0, 0.05) is 5.56 Å². The van der Waals surface area contributed by atoms with Crippen LogP contribution in [0.5, 0.6) is 11.5 Å². The molecule has 0 fully saturated rings. The van der Waals surface area contributed by atoms with Gasteiger partial charge in [0.25, 0.3) is 5.91 Å². The molecule has 0 heterocycles. The maximum Gasteiger partial charge on any atom is 0.326 e. The molecule has 0 unspecified atom stereocenters. The van der Waals surface area contributed by atoms with Crippen LogP contribution in [0.4, 0.5) is 0 Å². The van der Waals surface area contributed by atoms with Gasteiger partial charge < -0.3 is 19.9 Å². The van der Waals surface area contributed by atoms with Crippen LogP contribution in [0, 0.1) is 0 Å². The monoisotopic (exact) mass is 281 g/mol. The second-order valence-electron chi connectivity index (χ2n) is 4.22. The van der Waals surface area contributed by atoms with Gasteiger partial charge in [0.05, 0.1) is 14.2 Å². The molecular formula is C14H19NO5. The van der Waals surface area contributed by atoms with Gasteiger partial charge in [-0.2, -0.15) is 0 Å². The number of benzene rings is 1. The number of carbonyl (C=O) groups excluding carboxylic acids is 1. The fraction of sp³-hybridized carbons (Fsp3) is 0.429. The summed E-state index contributed by atoms with van der Waals surface area (Å²) in [6.07, 6.45) is 1.05. The SMILES string of the molecule is CCC[C@H](NC(=O)c1ccc(OC)c(OC)c1)C(=O)O. The number of rotatable bonds is 7. The lowest BCUT2D eigenvalue weighted by Crippen LogP contribution is -2.40. The van der Waals surface area contributed by atoms with E-state index in [1.807, 2.05) is 6.92 Å². The van der Waals surface area contributed by atoms with Gasteiger partial charge in [-0.15, -0.1) is 0 Å². The van der Waals surface area contributed by atoms with E-state index in [2.05, 4.69) is 5.32 Å². The Morgan fingerprint density at radius 1 is 1.25 bits per heavy atom. The highest BCUT2D eigenvalue weighted by Crippen LogP contribution is 2.27. The third kappa shape index (κ3) is 3.88. The van der Waals surface area contributed by atoms with E-state index in [4.69, 9.17) is 14.6 Å². The Balaban J connectivity index is 2.89. The summed E-state index contributed by atoms with van der Waals surface area (Å²) < 4.78 is 10.2. The number of aliphatic carboxylic acids is 1. The smallest absolute Gasteiger partial charge is 0.326 e. The Morgan fingerprint density at radius 3 is 2.40 bits per heavy atom. The van der Waals surface area contributed by atoms with Gasteiger partial charge in [-0.05, 0) is 24.6 Å². The summed E-state index contributed by atoms with van der Waals surface area (Å²) in [6, 6.07) is 3.78. The summed E-state index contributed by atoms with van der Waals surface area (Å²) in [5.41, 5.74) is 0.324. The first-order valence-corrected chi connectivity index (χ1v) is 6.29. The fourth-order valence-corrected chi connectivity index (χ4v) is 1.77. The molecule has 0 saturated carbocycles. The number of ether oxygens (including phenoxy) is 2. The molecule has 0 radical (unpaired) electrons. The first kappa shape index (κ1) is 15.8. The van der Waals surface area contributed by atoms with Gasteiger partial charge >= 0.3 is 5.97 Å². The molecule has 20 heavy (non-hydrogen) atoms. The highest BCUT2D eigenvalue weighted by Gasteiger charge is 2.20. The zero-order chi connectivity index (χ0) is 15.1. The van der Waals surface area contributed by atoms with E-state index >= 15 is 0 Å². The van der Waals surface area contributed by atoms with Crippen LogP contribution in [0.3, 0.4) is 0 Å². The van der Waals surface area contributed by atoms with Crippen molar-refractivity contribution in [3.05, 3.63) is 23.8 Å². The van der Waals surface area contributed by atoms with E-state index in [1.54, 1.807) is 12.1 Å². The lowest BCUT2D eigenvalue weighted by molar-refractivity contribution is -0.139. The molecular weight excluding hydrogens is 262 g/mol. The van der Waals surface area contributed by atoms with Gasteiger partial charge in [-0.1, -0.05) is 13.3 Å². The summed E-state index contributed by atoms with van der Waals surface area (Å²) in [5.74, 6) is -0.567. The largest absolute Gasteiger partial charge is 0.493 e. The number of carboxylic acids is 1. The number of amides is 1. The number of hydrogen-bond donors (Lipinski definition) is 2. The van der Waals surface area contributed by atoms with E-state index in [0.717, 1.165) is 0 Å². The molecule has 0 bridgehead atoms. The summed E-state index contributed by atoms with van der Waals surface area (Å²) in [5, 5.41) is 11.5. The average Bonchev–Trinajstić information content (AvgIpc) is 2.45. The molecule has 2 N–H and O–H groups in total. The zero-order valence-electron chi connectivity index (χ0n) is 11.8. The number of carbonyl (C=O) groups is 2. The predicted molar refractivity (Wildman–Crippen MR) is 73.3 cm³/mol. The number of carboxylic acid groups (broad SMARTS) is 1. The molecule has 0 saturated heterocycles. The highest BCUT2D eigenvalue weighted by atomic mass is 16.5. The van der Waals surface area contributed by atoms with Crippen LogP contribution in [-0.4, -0.2) is 37.2 Å².